The highest BCUT2D eigenvalue weighted by molar-refractivity contribution is 5.88. The lowest BCUT2D eigenvalue weighted by atomic mass is 10.2. The lowest BCUT2D eigenvalue weighted by molar-refractivity contribution is 0.172. The van der Waals surface area contributed by atoms with E-state index in [4.69, 9.17) is 9.94 Å². The Bertz CT molecular complexity index is 541. The summed E-state index contributed by atoms with van der Waals surface area (Å²) < 4.78 is 5.62. The second-order valence-electron chi connectivity index (χ2n) is 4.17. The average Bonchev–Trinajstić information content (AvgIpc) is 2.50. The molecule has 0 aromatic heterocycles. The Kier molecular flexibility index (Phi) is 4.97. The van der Waals surface area contributed by atoms with E-state index in [1.807, 2.05) is 18.2 Å². The number of benzene rings is 2. The summed E-state index contributed by atoms with van der Waals surface area (Å²) in [6, 6.07) is 16.4. The topological polar surface area (TPSA) is 70.6 Å². The molecule has 0 spiro atoms. The number of carbonyl (C=O) groups is 1. The number of rotatable bonds is 5. The number of hydroxylamine groups is 1. The minimum absolute atomic E-state index is 0.576. The first kappa shape index (κ1) is 13.9. The Labute approximate surface area is 117 Å². The fourth-order valence-corrected chi connectivity index (χ4v) is 1.72. The number of hydrogen-bond acceptors (Lipinski definition) is 3. The zero-order chi connectivity index (χ0) is 14.2. The van der Waals surface area contributed by atoms with Crippen LogP contribution in [0.2, 0.25) is 0 Å². The Hall–Kier alpha value is -2.53. The van der Waals surface area contributed by atoms with Crippen molar-refractivity contribution < 1.29 is 14.7 Å². The summed E-state index contributed by atoms with van der Waals surface area (Å²) in [6.45, 7) is 0.591. The van der Waals surface area contributed by atoms with Gasteiger partial charge >= 0.3 is 6.03 Å². The predicted molar refractivity (Wildman–Crippen MR) is 76.0 cm³/mol. The third kappa shape index (κ3) is 4.29. The van der Waals surface area contributed by atoms with Crippen LogP contribution < -0.4 is 15.5 Å². The molecule has 0 aliphatic rings. The smallest absolute Gasteiger partial charge is 0.342 e. The minimum atomic E-state index is -0.678. The van der Waals surface area contributed by atoms with Gasteiger partial charge < -0.3 is 10.1 Å². The number of urea groups is 1. The summed E-state index contributed by atoms with van der Waals surface area (Å²) in [5, 5.41) is 10.8. The van der Waals surface area contributed by atoms with Crippen LogP contribution in [0.15, 0.2) is 54.6 Å². The Morgan fingerprint density at radius 2 is 1.75 bits per heavy atom. The fraction of sp³-hybridized carbons (Fsp3) is 0.133. The number of ether oxygens (including phenoxy) is 1. The summed E-state index contributed by atoms with van der Waals surface area (Å²) >= 11 is 0. The molecule has 0 aliphatic carbocycles. The molecule has 0 bridgehead atoms. The molecule has 2 aromatic carbocycles. The largest absolute Gasteiger partial charge is 0.493 e. The molecule has 0 saturated carbocycles. The van der Waals surface area contributed by atoms with Gasteiger partial charge in [0.05, 0.1) is 6.61 Å². The zero-order valence-electron chi connectivity index (χ0n) is 10.9. The van der Waals surface area contributed by atoms with Crippen molar-refractivity contribution in [2.75, 3.05) is 11.9 Å². The van der Waals surface area contributed by atoms with E-state index < -0.39 is 6.03 Å². The summed E-state index contributed by atoms with van der Waals surface area (Å²) in [5.41, 5.74) is 3.30. The second-order valence-corrected chi connectivity index (χ2v) is 4.17. The summed E-state index contributed by atoms with van der Waals surface area (Å²) in [5.74, 6) is 0.732. The molecule has 0 radical (unpaired) electrons. The Balaban J connectivity index is 1.80. The number of amides is 2. The van der Waals surface area contributed by atoms with Crippen LogP contribution in [0.3, 0.4) is 0 Å². The molecule has 2 rings (SSSR count). The number of carbonyl (C=O) groups excluding carboxylic acids is 1. The van der Waals surface area contributed by atoms with E-state index in [-0.39, 0.29) is 0 Å². The van der Waals surface area contributed by atoms with Gasteiger partial charge in [-0.2, -0.15) is 0 Å². The standard InChI is InChI=1S/C15H16N2O3/c18-15(17-19)16-13-6-8-14(9-7-13)20-11-10-12-4-2-1-3-5-12/h1-9,19H,10-11H2,(H2,16,17,18). The fourth-order valence-electron chi connectivity index (χ4n) is 1.72. The number of nitrogens with one attached hydrogen (secondary N) is 2. The molecule has 0 fully saturated rings. The first-order chi connectivity index (χ1) is 9.78. The lowest BCUT2D eigenvalue weighted by Gasteiger charge is -2.08. The van der Waals surface area contributed by atoms with Crippen molar-refractivity contribution in [1.29, 1.82) is 0 Å². The Morgan fingerprint density at radius 3 is 2.40 bits per heavy atom. The highest BCUT2D eigenvalue weighted by Crippen LogP contribution is 2.15. The first-order valence-electron chi connectivity index (χ1n) is 6.26. The van der Waals surface area contributed by atoms with Gasteiger partial charge in [0.25, 0.3) is 0 Å². The van der Waals surface area contributed by atoms with Crippen LogP contribution in [-0.4, -0.2) is 17.8 Å². The van der Waals surface area contributed by atoms with E-state index in [2.05, 4.69) is 17.4 Å². The van der Waals surface area contributed by atoms with Crippen molar-refractivity contribution in [2.24, 2.45) is 0 Å². The van der Waals surface area contributed by atoms with Crippen LogP contribution in [-0.2, 0) is 6.42 Å². The molecular weight excluding hydrogens is 256 g/mol. The van der Waals surface area contributed by atoms with Crippen molar-refractivity contribution in [3.05, 3.63) is 60.2 Å². The molecule has 0 saturated heterocycles. The summed E-state index contributed by atoms with van der Waals surface area (Å²) in [6.07, 6.45) is 0.841. The molecule has 2 amide bonds. The van der Waals surface area contributed by atoms with Gasteiger partial charge in [-0.25, -0.2) is 10.3 Å². The molecule has 0 heterocycles. The molecule has 5 nitrogen and oxygen atoms in total. The van der Waals surface area contributed by atoms with Gasteiger partial charge in [-0.3, -0.25) is 5.21 Å². The molecular formula is C15H16N2O3. The predicted octanol–water partition coefficient (Wildman–Crippen LogP) is 2.82. The maximum Gasteiger partial charge on any atom is 0.342 e. The molecule has 0 unspecified atom stereocenters. The molecule has 3 N–H and O–H groups in total. The molecule has 0 atom stereocenters. The van der Waals surface area contributed by atoms with Crippen molar-refractivity contribution in [3.63, 3.8) is 0 Å². The third-order valence-electron chi connectivity index (χ3n) is 2.72. The molecule has 5 heteroatoms. The average molecular weight is 272 g/mol. The molecule has 0 aliphatic heterocycles. The normalized spacial score (nSPS) is 9.85. The van der Waals surface area contributed by atoms with E-state index in [9.17, 15) is 4.79 Å². The van der Waals surface area contributed by atoms with Crippen LogP contribution in [0.4, 0.5) is 10.5 Å². The van der Waals surface area contributed by atoms with E-state index in [1.54, 1.807) is 24.3 Å². The second kappa shape index (κ2) is 7.16. The van der Waals surface area contributed by atoms with E-state index in [0.717, 1.165) is 12.2 Å². The SMILES string of the molecule is O=C(NO)Nc1ccc(OCCc2ccccc2)cc1. The highest BCUT2D eigenvalue weighted by atomic mass is 16.5. The van der Waals surface area contributed by atoms with Crippen LogP contribution in [0.25, 0.3) is 0 Å². The van der Waals surface area contributed by atoms with Gasteiger partial charge in [0, 0.05) is 12.1 Å². The maximum atomic E-state index is 10.9. The first-order valence-corrected chi connectivity index (χ1v) is 6.26. The number of hydrogen-bond donors (Lipinski definition) is 3. The summed E-state index contributed by atoms with van der Waals surface area (Å²) in [4.78, 5) is 10.9. The van der Waals surface area contributed by atoms with Gasteiger partial charge in [0.2, 0.25) is 0 Å². The third-order valence-corrected chi connectivity index (χ3v) is 2.72. The van der Waals surface area contributed by atoms with Gasteiger partial charge in [0.1, 0.15) is 5.75 Å². The van der Waals surface area contributed by atoms with Crippen LogP contribution in [0, 0.1) is 0 Å². The van der Waals surface area contributed by atoms with Crippen molar-refractivity contribution in [1.82, 2.24) is 5.48 Å². The van der Waals surface area contributed by atoms with E-state index in [0.29, 0.717) is 12.3 Å². The van der Waals surface area contributed by atoms with Crippen LogP contribution in [0.1, 0.15) is 5.56 Å². The van der Waals surface area contributed by atoms with Crippen molar-refractivity contribution in [3.8, 4) is 5.75 Å². The molecule has 2 aromatic rings. The highest BCUT2D eigenvalue weighted by Gasteiger charge is 2.00. The van der Waals surface area contributed by atoms with Gasteiger partial charge in [-0.15, -0.1) is 0 Å². The van der Waals surface area contributed by atoms with Crippen molar-refractivity contribution in [2.45, 2.75) is 6.42 Å². The van der Waals surface area contributed by atoms with E-state index in [1.165, 1.54) is 11.0 Å². The van der Waals surface area contributed by atoms with Crippen molar-refractivity contribution >= 4 is 11.7 Å². The Morgan fingerprint density at radius 1 is 1.05 bits per heavy atom. The monoisotopic (exact) mass is 272 g/mol. The quantitative estimate of drug-likeness (QED) is 0.579. The minimum Gasteiger partial charge on any atom is -0.493 e. The van der Waals surface area contributed by atoms with Gasteiger partial charge in [-0.05, 0) is 29.8 Å². The van der Waals surface area contributed by atoms with Gasteiger partial charge in [0.15, 0.2) is 0 Å². The molecule has 104 valence electrons. The maximum absolute atomic E-state index is 10.9. The van der Waals surface area contributed by atoms with E-state index >= 15 is 0 Å². The van der Waals surface area contributed by atoms with Crippen LogP contribution in [0.5, 0.6) is 5.75 Å². The molecule has 20 heavy (non-hydrogen) atoms. The van der Waals surface area contributed by atoms with Gasteiger partial charge in [-0.1, -0.05) is 30.3 Å². The lowest BCUT2D eigenvalue weighted by Crippen LogP contribution is -2.24. The zero-order valence-corrected chi connectivity index (χ0v) is 10.9. The number of anilines is 1. The van der Waals surface area contributed by atoms with Crippen LogP contribution >= 0.6 is 0 Å². The summed E-state index contributed by atoms with van der Waals surface area (Å²) in [7, 11) is 0.